The third-order valence-electron chi connectivity index (χ3n) is 2.84. The summed E-state index contributed by atoms with van der Waals surface area (Å²) in [5, 5.41) is 6.83. The summed E-state index contributed by atoms with van der Waals surface area (Å²) >= 11 is 3.38. The van der Waals surface area contributed by atoms with Gasteiger partial charge in [0.1, 0.15) is 21.4 Å². The van der Waals surface area contributed by atoms with E-state index in [1.54, 1.807) is 58.2 Å². The zero-order valence-electron chi connectivity index (χ0n) is 15.1. The van der Waals surface area contributed by atoms with Crippen LogP contribution in [0.4, 0.5) is 10.5 Å². The Morgan fingerprint density at radius 1 is 1.08 bits per heavy atom. The molecule has 2 aromatic rings. The smallest absolute Gasteiger partial charge is 0.412 e. The van der Waals surface area contributed by atoms with Crippen LogP contribution in [0.3, 0.4) is 0 Å². The summed E-state index contributed by atoms with van der Waals surface area (Å²) in [6, 6.07) is 3.31. The monoisotopic (exact) mass is 411 g/mol. The van der Waals surface area contributed by atoms with E-state index in [2.05, 4.69) is 26.3 Å². The zero-order valence-corrected chi connectivity index (χ0v) is 16.7. The maximum Gasteiger partial charge on any atom is 0.412 e. The Kier molecular flexibility index (Phi) is 5.13. The molecule has 1 N–H and O–H groups in total. The number of carbonyl (C=O) groups is 2. The topological polar surface area (TPSA) is 81.9 Å². The normalized spacial score (nSPS) is 12.1. The summed E-state index contributed by atoms with van der Waals surface area (Å²) in [5.41, 5.74) is 0.0654. The van der Waals surface area contributed by atoms with Crippen LogP contribution in [0.25, 0.3) is 5.52 Å². The molecule has 0 atom stereocenters. The Morgan fingerprint density at radius 2 is 1.68 bits per heavy atom. The zero-order chi connectivity index (χ0) is 19.0. The van der Waals surface area contributed by atoms with Gasteiger partial charge in [-0.2, -0.15) is 5.10 Å². The molecule has 0 unspecified atom stereocenters. The number of amides is 1. The molecule has 7 nitrogen and oxygen atoms in total. The Balaban J connectivity index is 2.34. The minimum atomic E-state index is -0.616. The first-order chi connectivity index (χ1) is 11.4. The lowest BCUT2D eigenvalue weighted by Crippen LogP contribution is -2.27. The summed E-state index contributed by atoms with van der Waals surface area (Å²) in [4.78, 5) is 24.3. The van der Waals surface area contributed by atoms with Crippen LogP contribution in [0, 0.1) is 0 Å². The van der Waals surface area contributed by atoms with Gasteiger partial charge in [0.25, 0.3) is 0 Å². The number of hydrogen-bond acceptors (Lipinski definition) is 5. The fourth-order valence-corrected chi connectivity index (χ4v) is 2.56. The maximum atomic E-state index is 12.4. The van der Waals surface area contributed by atoms with Crippen molar-refractivity contribution in [3.8, 4) is 0 Å². The molecule has 2 aromatic heterocycles. The largest absolute Gasteiger partial charge is 0.456 e. The van der Waals surface area contributed by atoms with Gasteiger partial charge in [0.2, 0.25) is 0 Å². The first-order valence-electron chi connectivity index (χ1n) is 7.76. The number of nitrogens with one attached hydrogen (secondary N) is 1. The molecule has 2 rings (SSSR count). The molecule has 8 heteroatoms. The van der Waals surface area contributed by atoms with Crippen LogP contribution >= 0.6 is 15.9 Å². The van der Waals surface area contributed by atoms with Gasteiger partial charge >= 0.3 is 12.1 Å². The molecule has 2 heterocycles. The van der Waals surface area contributed by atoms with Crippen LogP contribution in [-0.4, -0.2) is 32.9 Å². The molecule has 0 spiro atoms. The highest BCUT2D eigenvalue weighted by molar-refractivity contribution is 9.10. The molecular weight excluding hydrogens is 390 g/mol. The lowest BCUT2D eigenvalue weighted by Gasteiger charge is -2.20. The highest BCUT2D eigenvalue weighted by atomic mass is 79.9. The van der Waals surface area contributed by atoms with Crippen molar-refractivity contribution in [2.75, 3.05) is 5.32 Å². The molecule has 0 saturated carbocycles. The van der Waals surface area contributed by atoms with Crippen molar-refractivity contribution in [3.63, 3.8) is 0 Å². The van der Waals surface area contributed by atoms with Crippen molar-refractivity contribution >= 4 is 39.2 Å². The highest BCUT2D eigenvalue weighted by Gasteiger charge is 2.23. The van der Waals surface area contributed by atoms with Gasteiger partial charge in [-0.15, -0.1) is 0 Å². The van der Waals surface area contributed by atoms with E-state index in [0.717, 1.165) is 0 Å². The van der Waals surface area contributed by atoms with Gasteiger partial charge in [-0.05, 0) is 69.6 Å². The van der Waals surface area contributed by atoms with Crippen molar-refractivity contribution in [3.05, 3.63) is 28.5 Å². The van der Waals surface area contributed by atoms with Gasteiger partial charge in [-0.25, -0.2) is 14.1 Å². The van der Waals surface area contributed by atoms with E-state index in [4.69, 9.17) is 9.47 Å². The quantitative estimate of drug-likeness (QED) is 0.584. The molecule has 0 aromatic carbocycles. The number of carbonyl (C=O) groups excluding carboxylic acids is 2. The summed E-state index contributed by atoms with van der Waals surface area (Å²) < 4.78 is 12.8. The van der Waals surface area contributed by atoms with E-state index >= 15 is 0 Å². The first-order valence-corrected chi connectivity index (χ1v) is 8.56. The van der Waals surface area contributed by atoms with Crippen molar-refractivity contribution in [1.29, 1.82) is 0 Å². The van der Waals surface area contributed by atoms with E-state index < -0.39 is 23.3 Å². The number of esters is 1. The number of rotatable bonds is 2. The standard InChI is InChI=1S/C17H22BrN3O4/c1-16(2,3)24-14(22)11-9-19-21-12(11)7-10(8-13(21)18)20-15(23)25-17(4,5)6/h7-9H,1-6H3,(H,20,23). The summed E-state index contributed by atoms with van der Waals surface area (Å²) in [6.07, 6.45) is 0.855. The highest BCUT2D eigenvalue weighted by Crippen LogP contribution is 2.25. The Bertz CT molecular complexity index is 816. The van der Waals surface area contributed by atoms with Crippen LogP contribution in [0.2, 0.25) is 0 Å². The van der Waals surface area contributed by atoms with Gasteiger partial charge in [-0.3, -0.25) is 5.32 Å². The molecule has 25 heavy (non-hydrogen) atoms. The number of hydrogen-bond donors (Lipinski definition) is 1. The summed E-state index contributed by atoms with van der Waals surface area (Å²) in [5.74, 6) is -0.483. The van der Waals surface area contributed by atoms with Crippen LogP contribution in [-0.2, 0) is 9.47 Å². The van der Waals surface area contributed by atoms with Gasteiger partial charge in [-0.1, -0.05) is 0 Å². The van der Waals surface area contributed by atoms with Crippen molar-refractivity contribution in [1.82, 2.24) is 9.61 Å². The summed E-state index contributed by atoms with van der Waals surface area (Å²) in [6.45, 7) is 10.7. The van der Waals surface area contributed by atoms with E-state index in [0.29, 0.717) is 21.4 Å². The number of anilines is 1. The average molecular weight is 412 g/mol. The third-order valence-corrected chi connectivity index (χ3v) is 3.40. The van der Waals surface area contributed by atoms with E-state index in [1.165, 1.54) is 6.20 Å². The number of halogens is 1. The third kappa shape index (κ3) is 5.19. The van der Waals surface area contributed by atoms with Gasteiger partial charge in [0.05, 0.1) is 11.7 Å². The number of nitrogens with zero attached hydrogens (tertiary/aromatic N) is 2. The lowest BCUT2D eigenvalue weighted by atomic mass is 10.2. The Hall–Kier alpha value is -2.09. The van der Waals surface area contributed by atoms with Crippen LogP contribution in [0.1, 0.15) is 51.9 Å². The summed E-state index contributed by atoms with van der Waals surface area (Å²) in [7, 11) is 0. The number of aromatic nitrogens is 2. The molecule has 0 aliphatic carbocycles. The Morgan fingerprint density at radius 3 is 2.24 bits per heavy atom. The fourth-order valence-electron chi connectivity index (χ4n) is 2.03. The van der Waals surface area contributed by atoms with E-state index in [1.807, 2.05) is 0 Å². The number of pyridine rings is 1. The maximum absolute atomic E-state index is 12.4. The molecule has 0 bridgehead atoms. The second-order valence-electron chi connectivity index (χ2n) is 7.55. The second-order valence-corrected chi connectivity index (χ2v) is 8.36. The molecule has 0 fully saturated rings. The van der Waals surface area contributed by atoms with E-state index in [9.17, 15) is 9.59 Å². The lowest BCUT2D eigenvalue weighted by molar-refractivity contribution is 0.00716. The van der Waals surface area contributed by atoms with E-state index in [-0.39, 0.29) is 0 Å². The predicted octanol–water partition coefficient (Wildman–Crippen LogP) is 4.40. The van der Waals surface area contributed by atoms with Crippen LogP contribution in [0.15, 0.2) is 22.9 Å². The molecule has 136 valence electrons. The van der Waals surface area contributed by atoms with Crippen molar-refractivity contribution < 1.29 is 19.1 Å². The first kappa shape index (κ1) is 19.2. The van der Waals surface area contributed by atoms with Crippen LogP contribution < -0.4 is 5.32 Å². The molecule has 0 radical (unpaired) electrons. The molecule has 1 amide bonds. The number of fused-ring (bicyclic) bond motifs is 1. The minimum absolute atomic E-state index is 0.309. The average Bonchev–Trinajstić information content (AvgIpc) is 2.78. The molecule has 0 aliphatic rings. The molecular formula is C17H22BrN3O4. The van der Waals surface area contributed by atoms with Gasteiger partial charge in [0.15, 0.2) is 0 Å². The van der Waals surface area contributed by atoms with Gasteiger partial charge in [0, 0.05) is 5.69 Å². The molecule has 0 saturated heterocycles. The van der Waals surface area contributed by atoms with Crippen molar-refractivity contribution in [2.24, 2.45) is 0 Å². The van der Waals surface area contributed by atoms with Gasteiger partial charge < -0.3 is 9.47 Å². The Labute approximate surface area is 154 Å². The van der Waals surface area contributed by atoms with Crippen molar-refractivity contribution in [2.45, 2.75) is 52.7 Å². The second kappa shape index (κ2) is 6.67. The molecule has 0 aliphatic heterocycles. The number of ether oxygens (including phenoxy) is 2. The SMILES string of the molecule is CC(C)(C)OC(=O)Nc1cc(Br)n2ncc(C(=O)OC(C)(C)C)c2c1. The fraction of sp³-hybridized carbons (Fsp3) is 0.471. The minimum Gasteiger partial charge on any atom is -0.456 e. The predicted molar refractivity (Wildman–Crippen MR) is 97.9 cm³/mol. The van der Waals surface area contributed by atoms with Crippen LogP contribution in [0.5, 0.6) is 0 Å².